The van der Waals surface area contributed by atoms with Gasteiger partial charge in [0.15, 0.2) is 0 Å². The molecule has 0 aliphatic rings. The van der Waals surface area contributed by atoms with Crippen molar-refractivity contribution in [2.45, 2.75) is 158 Å². The standard InChI is InChI=1S/2C38H42N3.Zn/c2*1-23(2)30-11-9-12-31(24(3)4)36(30)28-15-16-34-27(21-28)17-20-40-38(34)41-35-22-29(18-19-39-35)37-32(25(5)6)13-10-14-33(37)26(7)8;/h2*9-26H,1-8H3;/q2*-1;+2. The van der Waals surface area contributed by atoms with Gasteiger partial charge in [-0.15, -0.1) is 0 Å². The Bertz CT molecular complexity index is 3670. The Hall–Kier alpha value is -7.34. The van der Waals surface area contributed by atoms with Crippen LogP contribution in [-0.2, 0) is 19.5 Å². The minimum atomic E-state index is 0. The van der Waals surface area contributed by atoms with Crippen molar-refractivity contribution in [3.05, 3.63) is 226 Å². The van der Waals surface area contributed by atoms with Crippen LogP contribution in [0.3, 0.4) is 0 Å². The Morgan fingerprint density at radius 3 is 0.807 bits per heavy atom. The molecule has 0 radical (unpaired) electrons. The number of rotatable bonds is 14. The second-order valence-electron chi connectivity index (χ2n) is 24.7. The fourth-order valence-electron chi connectivity index (χ4n) is 11.8. The second kappa shape index (κ2) is 26.9. The van der Waals surface area contributed by atoms with E-state index in [0.717, 1.165) is 32.7 Å². The molecule has 420 valence electrons. The summed E-state index contributed by atoms with van der Waals surface area (Å²) in [7, 11) is 0. The van der Waals surface area contributed by atoms with Crippen LogP contribution in [0.1, 0.15) is 203 Å². The van der Waals surface area contributed by atoms with Crippen molar-refractivity contribution >= 4 is 33.2 Å². The molecule has 0 amide bonds. The van der Waals surface area contributed by atoms with Crippen molar-refractivity contribution in [3.63, 3.8) is 0 Å². The summed E-state index contributed by atoms with van der Waals surface area (Å²) in [6.07, 6.45) is 7.46. The Kier molecular flexibility index (Phi) is 20.0. The molecule has 4 heterocycles. The number of benzene rings is 6. The molecule has 0 bridgehead atoms. The normalized spacial score (nSPS) is 12.3. The molecule has 10 aromatic rings. The summed E-state index contributed by atoms with van der Waals surface area (Å²) in [5, 5.41) is 4.32. The van der Waals surface area contributed by atoms with Gasteiger partial charge in [0.05, 0.1) is 11.6 Å². The van der Waals surface area contributed by atoms with Gasteiger partial charge >= 0.3 is 19.5 Å². The number of nitrogens with zero attached hydrogens (tertiary/aromatic N) is 6. The van der Waals surface area contributed by atoms with E-state index in [1.165, 1.54) is 77.9 Å². The van der Waals surface area contributed by atoms with Crippen LogP contribution >= 0.6 is 0 Å². The molecule has 83 heavy (non-hydrogen) atoms. The number of aromatic nitrogens is 4. The second-order valence-corrected chi connectivity index (χ2v) is 24.7. The van der Waals surface area contributed by atoms with Crippen LogP contribution in [0.2, 0.25) is 0 Å². The van der Waals surface area contributed by atoms with E-state index in [1.54, 1.807) is 0 Å². The molecule has 10 rings (SSSR count). The third-order valence-corrected chi connectivity index (χ3v) is 16.1. The summed E-state index contributed by atoms with van der Waals surface area (Å²) in [6, 6.07) is 52.8. The predicted octanol–water partition coefficient (Wildman–Crippen LogP) is 20.5. The first kappa shape index (κ1) is 61.7. The van der Waals surface area contributed by atoms with Gasteiger partial charge in [-0.1, -0.05) is 255 Å². The molecule has 6 nitrogen and oxygen atoms in total. The zero-order valence-corrected chi connectivity index (χ0v) is 55.1. The average Bonchev–Trinajstić information content (AvgIpc) is 3.62. The first-order valence-electron chi connectivity index (χ1n) is 30.0. The summed E-state index contributed by atoms with van der Waals surface area (Å²) >= 11 is 0. The maximum absolute atomic E-state index is 4.98. The van der Waals surface area contributed by atoms with E-state index < -0.39 is 0 Å². The largest absolute Gasteiger partial charge is 2.00 e. The van der Waals surface area contributed by atoms with Gasteiger partial charge in [0.25, 0.3) is 0 Å². The molecule has 0 N–H and O–H groups in total. The first-order valence-corrected chi connectivity index (χ1v) is 30.0. The topological polar surface area (TPSA) is 78.7 Å². The Labute approximate surface area is 508 Å². The van der Waals surface area contributed by atoms with Gasteiger partial charge in [-0.3, -0.25) is 9.97 Å². The van der Waals surface area contributed by atoms with Crippen molar-refractivity contribution < 1.29 is 19.5 Å². The number of pyridine rings is 4. The van der Waals surface area contributed by atoms with E-state index >= 15 is 0 Å². The summed E-state index contributed by atoms with van der Waals surface area (Å²) in [5.41, 5.74) is 22.4. The van der Waals surface area contributed by atoms with Crippen LogP contribution < -0.4 is 20.9 Å². The quantitative estimate of drug-likeness (QED) is 0.102. The average molecular weight is 1150 g/mol. The summed E-state index contributed by atoms with van der Waals surface area (Å²) in [5.74, 6) is 4.84. The first-order chi connectivity index (χ1) is 39.3. The summed E-state index contributed by atoms with van der Waals surface area (Å²) in [6.45, 7) is 36.2. The van der Waals surface area contributed by atoms with E-state index in [4.69, 9.17) is 9.98 Å². The third-order valence-electron chi connectivity index (χ3n) is 16.1. The van der Waals surface area contributed by atoms with Gasteiger partial charge in [-0.25, -0.2) is 0 Å². The summed E-state index contributed by atoms with van der Waals surface area (Å²) in [4.78, 5) is 28.6. The van der Waals surface area contributed by atoms with Crippen LogP contribution in [0.5, 0.6) is 0 Å². The molecule has 0 saturated heterocycles. The third kappa shape index (κ3) is 13.5. The van der Waals surface area contributed by atoms with Crippen molar-refractivity contribution in [1.29, 1.82) is 0 Å². The molecule has 0 fully saturated rings. The number of hydrogen-bond acceptors (Lipinski definition) is 4. The molecule has 0 unspecified atom stereocenters. The monoisotopic (exact) mass is 1140 g/mol. The molecule has 0 saturated carbocycles. The van der Waals surface area contributed by atoms with Gasteiger partial charge in [0.1, 0.15) is 0 Å². The molecule has 6 aromatic carbocycles. The van der Waals surface area contributed by atoms with E-state index in [2.05, 4.69) is 276 Å². The minimum Gasteiger partial charge on any atom is -0.443 e. The molecule has 7 heteroatoms. The van der Waals surface area contributed by atoms with E-state index in [0.29, 0.717) is 70.0 Å². The van der Waals surface area contributed by atoms with Crippen molar-refractivity contribution in [1.82, 2.24) is 19.9 Å². The Balaban J connectivity index is 0.000000214. The van der Waals surface area contributed by atoms with Crippen molar-refractivity contribution in [2.24, 2.45) is 9.98 Å². The van der Waals surface area contributed by atoms with Crippen molar-refractivity contribution in [3.8, 4) is 44.5 Å². The van der Waals surface area contributed by atoms with E-state index in [1.807, 2.05) is 24.8 Å². The van der Waals surface area contributed by atoms with E-state index in [9.17, 15) is 0 Å². The van der Waals surface area contributed by atoms with Crippen LogP contribution in [-0.4, -0.2) is 9.97 Å². The van der Waals surface area contributed by atoms with Gasteiger partial charge in [-0.2, -0.15) is 0 Å². The van der Waals surface area contributed by atoms with Gasteiger partial charge < -0.3 is 20.0 Å². The maximum Gasteiger partial charge on any atom is 2.00 e. The zero-order valence-electron chi connectivity index (χ0n) is 52.2. The predicted molar refractivity (Wildman–Crippen MR) is 348 cm³/mol. The fourth-order valence-corrected chi connectivity index (χ4v) is 11.8. The van der Waals surface area contributed by atoms with Crippen LogP contribution in [0, 0.1) is 0 Å². The van der Waals surface area contributed by atoms with Crippen LogP contribution in [0.25, 0.3) is 66.1 Å². The molecule has 0 atom stereocenters. The van der Waals surface area contributed by atoms with Crippen molar-refractivity contribution in [2.75, 3.05) is 0 Å². The molecular weight excluding hydrogens is 1060 g/mol. The van der Waals surface area contributed by atoms with Gasteiger partial charge in [0, 0.05) is 23.2 Å². The Morgan fingerprint density at radius 2 is 0.554 bits per heavy atom. The zero-order chi connectivity index (χ0) is 58.5. The smallest absolute Gasteiger partial charge is 0.443 e. The van der Waals surface area contributed by atoms with E-state index in [-0.39, 0.29) is 19.5 Å². The van der Waals surface area contributed by atoms with Crippen LogP contribution in [0.15, 0.2) is 180 Å². The SMILES string of the molecule is CC(C)c1cccc(C(C)C)c1-c1cc[n-]c(=Nc2nccc3cc(-c4c(C(C)C)cccc4C(C)C)ccc23)c1.CC(C)c1cccc(C(C)C)c1-c1cc[n-]c(=Nc2nccc3cc(-c4c(C(C)C)cccc4C(C)C)ccc23)c1.[Zn+2]. The fraction of sp³-hybridized carbons (Fsp3) is 0.316. The molecular formula is C76H84N6Zn. The molecule has 0 aliphatic carbocycles. The maximum atomic E-state index is 4.98. The van der Waals surface area contributed by atoms with Crippen LogP contribution in [0.4, 0.5) is 11.6 Å². The number of hydrogen-bond donors (Lipinski definition) is 0. The Morgan fingerprint density at radius 1 is 0.301 bits per heavy atom. The van der Waals surface area contributed by atoms with Gasteiger partial charge in [0.2, 0.25) is 0 Å². The number of fused-ring (bicyclic) bond motifs is 2. The molecule has 0 spiro atoms. The molecule has 0 aliphatic heterocycles. The summed E-state index contributed by atoms with van der Waals surface area (Å²) < 4.78 is 0. The molecule has 4 aromatic heterocycles. The minimum absolute atomic E-state index is 0. The van der Waals surface area contributed by atoms with Gasteiger partial charge in [-0.05, 0) is 171 Å².